The van der Waals surface area contributed by atoms with Gasteiger partial charge in [-0.2, -0.15) is 0 Å². The van der Waals surface area contributed by atoms with Gasteiger partial charge in [0.2, 0.25) is 0 Å². The molecule has 0 saturated heterocycles. The normalized spacial score (nSPS) is 10.6. The van der Waals surface area contributed by atoms with Crippen molar-refractivity contribution in [1.29, 1.82) is 0 Å². The number of aryl methyl sites for hydroxylation is 3. The van der Waals surface area contributed by atoms with Gasteiger partial charge in [-0.3, -0.25) is 0 Å². The predicted molar refractivity (Wildman–Crippen MR) is 82.1 cm³/mol. The van der Waals surface area contributed by atoms with Crippen molar-refractivity contribution in [3.63, 3.8) is 0 Å². The Hall–Kier alpha value is -2.03. The van der Waals surface area contributed by atoms with Crippen molar-refractivity contribution in [2.24, 2.45) is 0 Å². The molecular formula is C16H21N3. The van der Waals surface area contributed by atoms with Gasteiger partial charge in [-0.15, -0.1) is 0 Å². The van der Waals surface area contributed by atoms with E-state index in [0.29, 0.717) is 5.69 Å². The molecule has 0 radical (unpaired) electrons. The molecule has 0 spiro atoms. The van der Waals surface area contributed by atoms with Gasteiger partial charge in [-0.05, 0) is 68.5 Å². The number of aromatic nitrogens is 1. The van der Waals surface area contributed by atoms with E-state index in [1.54, 1.807) is 6.20 Å². The number of hydrogen-bond acceptors (Lipinski definition) is 3. The number of hydrogen-bond donors (Lipinski definition) is 2. The Morgan fingerprint density at radius 1 is 0.895 bits per heavy atom. The molecule has 3 nitrogen and oxygen atoms in total. The third-order valence-electron chi connectivity index (χ3n) is 3.71. The van der Waals surface area contributed by atoms with E-state index in [0.717, 1.165) is 17.1 Å². The highest BCUT2D eigenvalue weighted by Crippen LogP contribution is 2.30. The fourth-order valence-corrected chi connectivity index (χ4v) is 2.25. The van der Waals surface area contributed by atoms with Crippen LogP contribution in [0.1, 0.15) is 27.8 Å². The zero-order chi connectivity index (χ0) is 14.2. The van der Waals surface area contributed by atoms with Gasteiger partial charge in [-0.25, -0.2) is 4.98 Å². The van der Waals surface area contributed by atoms with Crippen LogP contribution in [0, 0.1) is 34.6 Å². The minimum Gasteiger partial charge on any atom is -0.397 e. The molecule has 3 N–H and O–H groups in total. The number of nitrogens with zero attached hydrogens (tertiary/aromatic N) is 1. The van der Waals surface area contributed by atoms with Crippen LogP contribution in [0.5, 0.6) is 0 Å². The van der Waals surface area contributed by atoms with E-state index < -0.39 is 0 Å². The fraction of sp³-hybridized carbons (Fsp3) is 0.312. The van der Waals surface area contributed by atoms with Gasteiger partial charge in [0.05, 0.1) is 11.9 Å². The van der Waals surface area contributed by atoms with Gasteiger partial charge in [0.15, 0.2) is 0 Å². The maximum absolute atomic E-state index is 5.74. The summed E-state index contributed by atoms with van der Waals surface area (Å²) in [7, 11) is 0. The molecule has 0 unspecified atom stereocenters. The zero-order valence-electron chi connectivity index (χ0n) is 12.3. The second-order valence-corrected chi connectivity index (χ2v) is 5.19. The minimum absolute atomic E-state index is 0.692. The molecule has 1 aromatic carbocycles. The summed E-state index contributed by atoms with van der Waals surface area (Å²) in [5, 5.41) is 3.45. The molecule has 0 aliphatic rings. The van der Waals surface area contributed by atoms with Crippen molar-refractivity contribution in [3.05, 3.63) is 46.1 Å². The summed E-state index contributed by atoms with van der Waals surface area (Å²) < 4.78 is 0. The lowest BCUT2D eigenvalue weighted by Crippen LogP contribution is -2.03. The molecule has 0 fully saturated rings. The van der Waals surface area contributed by atoms with Crippen LogP contribution in [-0.2, 0) is 0 Å². The molecule has 3 heteroatoms. The minimum atomic E-state index is 0.692. The van der Waals surface area contributed by atoms with Crippen molar-refractivity contribution in [1.82, 2.24) is 4.98 Å². The van der Waals surface area contributed by atoms with Crippen molar-refractivity contribution in [3.8, 4) is 0 Å². The summed E-state index contributed by atoms with van der Waals surface area (Å²) in [6.45, 7) is 10.6. The van der Waals surface area contributed by atoms with Gasteiger partial charge in [0.25, 0.3) is 0 Å². The van der Waals surface area contributed by atoms with Gasteiger partial charge in [0, 0.05) is 5.69 Å². The first-order valence-corrected chi connectivity index (χ1v) is 6.46. The molecular weight excluding hydrogens is 234 g/mol. The number of benzene rings is 1. The van der Waals surface area contributed by atoms with Crippen molar-refractivity contribution < 1.29 is 0 Å². The lowest BCUT2D eigenvalue weighted by Gasteiger charge is -2.17. The molecule has 0 aliphatic carbocycles. The summed E-state index contributed by atoms with van der Waals surface area (Å²) in [6.07, 6.45) is 1.68. The Bertz CT molecular complexity index is 604. The number of anilines is 3. The first kappa shape index (κ1) is 13.4. The highest BCUT2D eigenvalue weighted by Gasteiger charge is 2.10. The van der Waals surface area contributed by atoms with E-state index in [9.17, 15) is 0 Å². The van der Waals surface area contributed by atoms with E-state index in [1.807, 2.05) is 13.0 Å². The first-order valence-electron chi connectivity index (χ1n) is 6.46. The fourth-order valence-electron chi connectivity index (χ4n) is 2.25. The molecule has 0 aliphatic heterocycles. The zero-order valence-corrected chi connectivity index (χ0v) is 12.3. The Labute approximate surface area is 114 Å². The van der Waals surface area contributed by atoms with Crippen LogP contribution in [0.2, 0.25) is 0 Å². The summed E-state index contributed by atoms with van der Waals surface area (Å²) in [6, 6.07) is 4.15. The third kappa shape index (κ3) is 2.55. The third-order valence-corrected chi connectivity index (χ3v) is 3.71. The van der Waals surface area contributed by atoms with Crippen LogP contribution >= 0.6 is 0 Å². The number of pyridine rings is 1. The molecule has 1 heterocycles. The number of nitrogens with one attached hydrogen (secondary N) is 1. The van der Waals surface area contributed by atoms with Gasteiger partial charge >= 0.3 is 0 Å². The Balaban J connectivity index is 2.49. The second kappa shape index (κ2) is 4.92. The molecule has 19 heavy (non-hydrogen) atoms. The van der Waals surface area contributed by atoms with E-state index >= 15 is 0 Å². The van der Waals surface area contributed by atoms with Crippen LogP contribution in [0.15, 0.2) is 18.3 Å². The monoisotopic (exact) mass is 255 g/mol. The van der Waals surface area contributed by atoms with Crippen molar-refractivity contribution in [2.45, 2.75) is 34.6 Å². The standard InChI is InChI=1S/C16H21N3/c1-9-6-10(2)13(5)15(12(9)4)19-16-11(3)7-14(17)8-18-16/h6-8H,17H2,1-5H3,(H,18,19). The average Bonchev–Trinajstić information content (AvgIpc) is 2.34. The molecule has 1 aromatic heterocycles. The highest BCUT2D eigenvalue weighted by molar-refractivity contribution is 5.69. The van der Waals surface area contributed by atoms with Crippen LogP contribution < -0.4 is 11.1 Å². The SMILES string of the molecule is Cc1cc(N)cnc1Nc1c(C)c(C)cc(C)c1C. The molecule has 0 saturated carbocycles. The summed E-state index contributed by atoms with van der Waals surface area (Å²) in [5.41, 5.74) is 13.7. The van der Waals surface area contributed by atoms with Crippen LogP contribution in [0.3, 0.4) is 0 Å². The summed E-state index contributed by atoms with van der Waals surface area (Å²) in [4.78, 5) is 4.38. The van der Waals surface area contributed by atoms with Gasteiger partial charge in [0.1, 0.15) is 5.82 Å². The van der Waals surface area contributed by atoms with Gasteiger partial charge < -0.3 is 11.1 Å². The van der Waals surface area contributed by atoms with E-state index in [4.69, 9.17) is 5.73 Å². The summed E-state index contributed by atoms with van der Waals surface area (Å²) in [5.74, 6) is 0.866. The molecule has 0 bridgehead atoms. The average molecular weight is 255 g/mol. The lowest BCUT2D eigenvalue weighted by molar-refractivity contribution is 1.20. The quantitative estimate of drug-likeness (QED) is 0.854. The highest BCUT2D eigenvalue weighted by atomic mass is 15.0. The number of nitrogen functional groups attached to an aromatic ring is 1. The van der Waals surface area contributed by atoms with Crippen molar-refractivity contribution in [2.75, 3.05) is 11.1 Å². The topological polar surface area (TPSA) is 50.9 Å². The molecule has 0 atom stereocenters. The molecule has 2 rings (SSSR count). The van der Waals surface area contributed by atoms with E-state index in [2.05, 4.69) is 44.1 Å². The molecule has 100 valence electrons. The largest absolute Gasteiger partial charge is 0.397 e. The Kier molecular flexibility index (Phi) is 3.47. The second-order valence-electron chi connectivity index (χ2n) is 5.19. The van der Waals surface area contributed by atoms with E-state index in [-0.39, 0.29) is 0 Å². The maximum Gasteiger partial charge on any atom is 0.133 e. The molecule has 2 aromatic rings. The predicted octanol–water partition coefficient (Wildman–Crippen LogP) is 3.95. The smallest absolute Gasteiger partial charge is 0.133 e. The maximum atomic E-state index is 5.74. The first-order chi connectivity index (χ1) is 8.90. The Morgan fingerprint density at radius 3 is 2.00 bits per heavy atom. The van der Waals surface area contributed by atoms with Crippen LogP contribution in [0.25, 0.3) is 0 Å². The van der Waals surface area contributed by atoms with Crippen LogP contribution in [0.4, 0.5) is 17.2 Å². The molecule has 0 amide bonds. The summed E-state index contributed by atoms with van der Waals surface area (Å²) >= 11 is 0. The Morgan fingerprint density at radius 2 is 1.47 bits per heavy atom. The van der Waals surface area contributed by atoms with E-state index in [1.165, 1.54) is 22.3 Å². The number of nitrogens with two attached hydrogens (primary N) is 1. The van der Waals surface area contributed by atoms with Crippen LogP contribution in [-0.4, -0.2) is 4.98 Å². The lowest BCUT2D eigenvalue weighted by atomic mass is 9.98. The van der Waals surface area contributed by atoms with Gasteiger partial charge in [-0.1, -0.05) is 6.07 Å². The number of rotatable bonds is 2. The van der Waals surface area contributed by atoms with Crippen molar-refractivity contribution >= 4 is 17.2 Å².